The molecule has 0 saturated heterocycles. The van der Waals surface area contributed by atoms with E-state index < -0.39 is 0 Å². The van der Waals surface area contributed by atoms with Crippen molar-refractivity contribution in [1.82, 2.24) is 9.55 Å². The number of rotatable bonds is 3. The topological polar surface area (TPSA) is 54.8 Å². The number of nitrogens with zero attached hydrogens (tertiary/aromatic N) is 3. The minimum absolute atomic E-state index is 0.627. The lowest BCUT2D eigenvalue weighted by molar-refractivity contribution is 0.562. The van der Waals surface area contributed by atoms with E-state index in [4.69, 9.17) is 9.68 Å². The van der Waals surface area contributed by atoms with Crippen LogP contribution in [-0.4, -0.2) is 9.55 Å². The highest BCUT2D eigenvalue weighted by atomic mass is 16.3. The van der Waals surface area contributed by atoms with Crippen LogP contribution in [0.15, 0.2) is 59.7 Å². The molecule has 19 heavy (non-hydrogen) atoms. The van der Waals surface area contributed by atoms with Gasteiger partial charge in [-0.1, -0.05) is 12.1 Å². The monoisotopic (exact) mass is 249 g/mol. The predicted molar refractivity (Wildman–Crippen MR) is 70.2 cm³/mol. The van der Waals surface area contributed by atoms with Gasteiger partial charge in [-0.15, -0.1) is 0 Å². The summed E-state index contributed by atoms with van der Waals surface area (Å²) in [5.74, 6) is 0.790. The summed E-state index contributed by atoms with van der Waals surface area (Å²) in [5, 5.41) is 9.16. The van der Waals surface area contributed by atoms with Crippen LogP contribution in [0.25, 0.3) is 11.4 Å². The van der Waals surface area contributed by atoms with E-state index in [-0.39, 0.29) is 0 Å². The lowest BCUT2D eigenvalue weighted by atomic mass is 10.1. The summed E-state index contributed by atoms with van der Waals surface area (Å²) in [4.78, 5) is 4.36. The van der Waals surface area contributed by atoms with Crippen molar-refractivity contribution < 1.29 is 4.42 Å². The number of furan rings is 1. The van der Waals surface area contributed by atoms with Crippen molar-refractivity contribution in [3.05, 3.63) is 66.4 Å². The summed E-state index contributed by atoms with van der Waals surface area (Å²) in [7, 11) is 0. The molecule has 0 aliphatic heterocycles. The van der Waals surface area contributed by atoms with E-state index >= 15 is 0 Å². The van der Waals surface area contributed by atoms with Gasteiger partial charge < -0.3 is 8.98 Å². The van der Waals surface area contributed by atoms with Crippen molar-refractivity contribution in [1.29, 1.82) is 5.26 Å². The summed E-state index contributed by atoms with van der Waals surface area (Å²) < 4.78 is 7.07. The van der Waals surface area contributed by atoms with Gasteiger partial charge in [-0.2, -0.15) is 5.26 Å². The van der Waals surface area contributed by atoms with Gasteiger partial charge in [0.1, 0.15) is 5.82 Å². The molecular formula is C15H11N3O. The second-order valence-electron chi connectivity index (χ2n) is 4.17. The Balaban J connectivity index is 2.03. The van der Waals surface area contributed by atoms with E-state index in [1.54, 1.807) is 24.8 Å². The molecule has 0 aliphatic rings. The highest BCUT2D eigenvalue weighted by Gasteiger charge is 2.10. The minimum Gasteiger partial charge on any atom is -0.472 e. The normalized spacial score (nSPS) is 10.3. The van der Waals surface area contributed by atoms with Crippen LogP contribution in [0.1, 0.15) is 11.1 Å². The molecule has 3 rings (SSSR count). The Labute approximate surface area is 110 Å². The zero-order chi connectivity index (χ0) is 13.1. The fourth-order valence-corrected chi connectivity index (χ4v) is 2.04. The van der Waals surface area contributed by atoms with Crippen LogP contribution in [0, 0.1) is 11.3 Å². The van der Waals surface area contributed by atoms with Crippen LogP contribution in [0.5, 0.6) is 0 Å². The number of nitriles is 1. The standard InChI is InChI=1S/C15H11N3O/c16-9-13-3-1-2-4-14(13)15-17-6-7-18(15)10-12-5-8-19-11-12/h1-8,11H,10H2. The summed E-state index contributed by atoms with van der Waals surface area (Å²) >= 11 is 0. The van der Waals surface area contributed by atoms with Gasteiger partial charge in [0, 0.05) is 23.5 Å². The average Bonchev–Trinajstić information content (AvgIpc) is 3.11. The van der Waals surface area contributed by atoms with Crippen molar-refractivity contribution in [2.45, 2.75) is 6.54 Å². The maximum absolute atomic E-state index is 9.16. The van der Waals surface area contributed by atoms with E-state index in [0.29, 0.717) is 12.1 Å². The molecule has 3 aromatic rings. The van der Waals surface area contributed by atoms with Crippen molar-refractivity contribution in [2.75, 3.05) is 0 Å². The van der Waals surface area contributed by atoms with Crippen LogP contribution in [0.2, 0.25) is 0 Å². The van der Waals surface area contributed by atoms with Gasteiger partial charge >= 0.3 is 0 Å². The van der Waals surface area contributed by atoms with Gasteiger partial charge in [0.05, 0.1) is 30.7 Å². The third-order valence-corrected chi connectivity index (χ3v) is 2.94. The first-order valence-corrected chi connectivity index (χ1v) is 5.90. The molecule has 4 nitrogen and oxygen atoms in total. The van der Waals surface area contributed by atoms with Gasteiger partial charge in [-0.05, 0) is 18.2 Å². The van der Waals surface area contributed by atoms with Crippen LogP contribution < -0.4 is 0 Å². The van der Waals surface area contributed by atoms with Gasteiger partial charge in [-0.3, -0.25) is 0 Å². The molecule has 0 N–H and O–H groups in total. The van der Waals surface area contributed by atoms with E-state index in [1.165, 1.54) is 0 Å². The molecule has 0 spiro atoms. The molecule has 0 bridgehead atoms. The Morgan fingerprint density at radius 1 is 1.26 bits per heavy atom. The zero-order valence-electron chi connectivity index (χ0n) is 10.2. The fraction of sp³-hybridized carbons (Fsp3) is 0.0667. The molecule has 0 aliphatic carbocycles. The first-order valence-electron chi connectivity index (χ1n) is 5.90. The Kier molecular flexibility index (Phi) is 2.87. The van der Waals surface area contributed by atoms with Gasteiger partial charge in [0.25, 0.3) is 0 Å². The molecule has 0 amide bonds. The Morgan fingerprint density at radius 2 is 2.16 bits per heavy atom. The smallest absolute Gasteiger partial charge is 0.141 e. The van der Waals surface area contributed by atoms with Crippen molar-refractivity contribution in [3.8, 4) is 17.5 Å². The lowest BCUT2D eigenvalue weighted by Gasteiger charge is -2.07. The predicted octanol–water partition coefficient (Wildman–Crippen LogP) is 3.06. The molecule has 0 atom stereocenters. The molecule has 0 unspecified atom stereocenters. The lowest BCUT2D eigenvalue weighted by Crippen LogP contribution is -2.01. The number of aromatic nitrogens is 2. The Hall–Kier alpha value is -2.80. The number of hydrogen-bond donors (Lipinski definition) is 0. The third kappa shape index (κ3) is 2.14. The Morgan fingerprint density at radius 3 is 2.95 bits per heavy atom. The van der Waals surface area contributed by atoms with Crippen LogP contribution in [-0.2, 0) is 6.54 Å². The highest BCUT2D eigenvalue weighted by Crippen LogP contribution is 2.22. The average molecular weight is 249 g/mol. The highest BCUT2D eigenvalue weighted by molar-refractivity contribution is 5.64. The Bertz CT molecular complexity index is 720. The molecule has 0 fully saturated rings. The van der Waals surface area contributed by atoms with E-state index in [0.717, 1.165) is 17.0 Å². The minimum atomic E-state index is 0.627. The van der Waals surface area contributed by atoms with Gasteiger partial charge in [0.15, 0.2) is 0 Å². The third-order valence-electron chi connectivity index (χ3n) is 2.94. The van der Waals surface area contributed by atoms with Crippen molar-refractivity contribution in [3.63, 3.8) is 0 Å². The number of imidazole rings is 1. The van der Waals surface area contributed by atoms with Crippen LogP contribution in [0.4, 0.5) is 0 Å². The second kappa shape index (κ2) is 4.83. The zero-order valence-corrected chi connectivity index (χ0v) is 10.2. The molecule has 0 saturated carbocycles. The summed E-state index contributed by atoms with van der Waals surface area (Å²) in [6.45, 7) is 0.672. The van der Waals surface area contributed by atoms with Crippen LogP contribution in [0.3, 0.4) is 0 Å². The maximum atomic E-state index is 9.16. The first-order chi connectivity index (χ1) is 9.38. The van der Waals surface area contributed by atoms with Crippen LogP contribution >= 0.6 is 0 Å². The largest absolute Gasteiger partial charge is 0.472 e. The summed E-state index contributed by atoms with van der Waals surface area (Å²) in [6, 6.07) is 11.6. The second-order valence-corrected chi connectivity index (χ2v) is 4.17. The van der Waals surface area contributed by atoms with Gasteiger partial charge in [-0.25, -0.2) is 4.98 Å². The molecule has 1 aromatic carbocycles. The molecule has 4 heteroatoms. The number of hydrogen-bond acceptors (Lipinski definition) is 3. The van der Waals surface area contributed by atoms with E-state index in [1.807, 2.05) is 35.0 Å². The van der Waals surface area contributed by atoms with Gasteiger partial charge in [0.2, 0.25) is 0 Å². The summed E-state index contributed by atoms with van der Waals surface area (Å²) in [6.07, 6.45) is 7.00. The van der Waals surface area contributed by atoms with Crippen molar-refractivity contribution >= 4 is 0 Å². The first kappa shape index (κ1) is 11.3. The summed E-state index contributed by atoms with van der Waals surface area (Å²) in [5.41, 5.74) is 2.54. The molecule has 2 aromatic heterocycles. The molecule has 2 heterocycles. The SMILES string of the molecule is N#Cc1ccccc1-c1nccn1Cc1ccoc1. The molecule has 92 valence electrons. The fourth-order valence-electron chi connectivity index (χ4n) is 2.04. The van der Waals surface area contributed by atoms with Crippen molar-refractivity contribution in [2.24, 2.45) is 0 Å². The molecular weight excluding hydrogens is 238 g/mol. The van der Waals surface area contributed by atoms with E-state index in [9.17, 15) is 0 Å². The van der Waals surface area contributed by atoms with E-state index in [2.05, 4.69) is 11.1 Å². The number of benzene rings is 1. The maximum Gasteiger partial charge on any atom is 0.141 e. The quantitative estimate of drug-likeness (QED) is 0.716. The molecule has 0 radical (unpaired) electrons.